The molecule has 1 aliphatic rings. The lowest BCUT2D eigenvalue weighted by molar-refractivity contribution is -0.122. The third-order valence-corrected chi connectivity index (χ3v) is 5.11. The van der Waals surface area contributed by atoms with Crippen molar-refractivity contribution in [3.05, 3.63) is 47.0 Å². The number of hydrogen-bond acceptors (Lipinski definition) is 4. The molecule has 2 aromatic rings. The minimum atomic E-state index is -0.440. The number of nitrogens with zero attached hydrogens (tertiary/aromatic N) is 2. The molecular formula is C21H24ClN3O3. The number of amides is 2. The van der Waals surface area contributed by atoms with E-state index in [1.54, 1.807) is 23.1 Å². The second kappa shape index (κ2) is 8.10. The Morgan fingerprint density at radius 1 is 1.25 bits per heavy atom. The van der Waals surface area contributed by atoms with Crippen LogP contribution in [0, 0.1) is 12.8 Å². The standard InChI is InChI=1S/C21H24ClN3O3/c1-13-9-16(6-7-17(13)24(2)3)23-21(27)14-10-20(26)25(12-14)18-11-15(22)5-8-19(18)28-4/h5-9,11,14H,10,12H2,1-4H3,(H,23,27). The fraction of sp³-hybridized carbons (Fsp3) is 0.333. The molecule has 148 valence electrons. The monoisotopic (exact) mass is 401 g/mol. The van der Waals surface area contributed by atoms with Gasteiger partial charge < -0.3 is 19.9 Å². The van der Waals surface area contributed by atoms with Crippen molar-refractivity contribution in [1.82, 2.24) is 0 Å². The van der Waals surface area contributed by atoms with E-state index < -0.39 is 5.92 Å². The highest BCUT2D eigenvalue weighted by Crippen LogP contribution is 2.35. The summed E-state index contributed by atoms with van der Waals surface area (Å²) in [6, 6.07) is 10.9. The first-order valence-corrected chi connectivity index (χ1v) is 9.40. The molecule has 0 spiro atoms. The Bertz CT molecular complexity index is 914. The molecular weight excluding hydrogens is 378 g/mol. The van der Waals surface area contributed by atoms with Crippen LogP contribution in [0.2, 0.25) is 5.02 Å². The summed E-state index contributed by atoms with van der Waals surface area (Å²) in [5, 5.41) is 3.44. The maximum Gasteiger partial charge on any atom is 0.229 e. The summed E-state index contributed by atoms with van der Waals surface area (Å²) in [4.78, 5) is 28.9. The van der Waals surface area contributed by atoms with Crippen LogP contribution in [0.3, 0.4) is 0 Å². The van der Waals surface area contributed by atoms with Crippen molar-refractivity contribution in [1.29, 1.82) is 0 Å². The molecule has 0 saturated carbocycles. The molecule has 1 atom stereocenters. The van der Waals surface area contributed by atoms with Crippen LogP contribution in [0.25, 0.3) is 0 Å². The van der Waals surface area contributed by atoms with Crippen molar-refractivity contribution in [2.75, 3.05) is 42.9 Å². The van der Waals surface area contributed by atoms with Crippen LogP contribution < -0.4 is 19.9 Å². The summed E-state index contributed by atoms with van der Waals surface area (Å²) in [7, 11) is 5.49. The number of carbonyl (C=O) groups excluding carboxylic acids is 2. The molecule has 0 aliphatic carbocycles. The first-order valence-electron chi connectivity index (χ1n) is 9.03. The molecule has 1 heterocycles. The van der Waals surface area contributed by atoms with Crippen LogP contribution in [0.15, 0.2) is 36.4 Å². The Labute approximate surface area is 170 Å². The largest absolute Gasteiger partial charge is 0.495 e. The zero-order valence-electron chi connectivity index (χ0n) is 16.5. The van der Waals surface area contributed by atoms with Gasteiger partial charge in [-0.15, -0.1) is 0 Å². The van der Waals surface area contributed by atoms with Crippen molar-refractivity contribution in [3.8, 4) is 5.75 Å². The number of halogens is 1. The van der Waals surface area contributed by atoms with E-state index >= 15 is 0 Å². The van der Waals surface area contributed by atoms with Crippen molar-refractivity contribution in [3.63, 3.8) is 0 Å². The van der Waals surface area contributed by atoms with Crippen molar-refractivity contribution < 1.29 is 14.3 Å². The zero-order valence-corrected chi connectivity index (χ0v) is 17.2. The molecule has 1 aliphatic heterocycles. The molecule has 0 bridgehead atoms. The van der Waals surface area contributed by atoms with Gasteiger partial charge in [-0.2, -0.15) is 0 Å². The van der Waals surface area contributed by atoms with E-state index in [4.69, 9.17) is 16.3 Å². The maximum absolute atomic E-state index is 12.7. The molecule has 3 rings (SSSR count). The Morgan fingerprint density at radius 2 is 2.00 bits per heavy atom. The predicted octanol–water partition coefficient (Wildman–Crippen LogP) is 3.71. The Kier molecular flexibility index (Phi) is 5.79. The molecule has 2 aromatic carbocycles. The molecule has 1 fully saturated rings. The van der Waals surface area contributed by atoms with E-state index in [-0.39, 0.29) is 24.8 Å². The number of nitrogens with one attached hydrogen (secondary N) is 1. The van der Waals surface area contributed by atoms with Gasteiger partial charge >= 0.3 is 0 Å². The molecule has 1 N–H and O–H groups in total. The Morgan fingerprint density at radius 3 is 2.64 bits per heavy atom. The van der Waals surface area contributed by atoms with Crippen LogP contribution in [0.5, 0.6) is 5.75 Å². The number of methoxy groups -OCH3 is 1. The third kappa shape index (κ3) is 4.07. The van der Waals surface area contributed by atoms with Gasteiger partial charge in [-0.05, 0) is 48.9 Å². The summed E-state index contributed by atoms with van der Waals surface area (Å²) in [6.07, 6.45) is 0.149. The van der Waals surface area contributed by atoms with Crippen LogP contribution in [-0.2, 0) is 9.59 Å². The summed E-state index contributed by atoms with van der Waals surface area (Å²) < 4.78 is 5.34. The van der Waals surface area contributed by atoms with Crippen molar-refractivity contribution in [2.45, 2.75) is 13.3 Å². The lowest BCUT2D eigenvalue weighted by Gasteiger charge is -2.20. The van der Waals surface area contributed by atoms with E-state index in [2.05, 4.69) is 5.32 Å². The molecule has 1 saturated heterocycles. The summed E-state index contributed by atoms with van der Waals surface area (Å²) in [5.74, 6) is -0.188. The Balaban J connectivity index is 1.74. The van der Waals surface area contributed by atoms with Gasteiger partial charge in [0, 0.05) is 43.5 Å². The van der Waals surface area contributed by atoms with Crippen LogP contribution >= 0.6 is 11.6 Å². The number of rotatable bonds is 5. The second-order valence-corrected chi connectivity index (χ2v) is 7.54. The quantitative estimate of drug-likeness (QED) is 0.829. The van der Waals surface area contributed by atoms with Crippen molar-refractivity contribution in [2.24, 2.45) is 5.92 Å². The van der Waals surface area contributed by atoms with Gasteiger partial charge in [-0.25, -0.2) is 0 Å². The third-order valence-electron chi connectivity index (χ3n) is 4.87. The van der Waals surface area contributed by atoms with Crippen LogP contribution in [0.4, 0.5) is 17.1 Å². The van der Waals surface area contributed by atoms with E-state index in [1.807, 2.05) is 44.1 Å². The maximum atomic E-state index is 12.7. The lowest BCUT2D eigenvalue weighted by atomic mass is 10.1. The number of ether oxygens (including phenoxy) is 1. The van der Waals surface area contributed by atoms with Gasteiger partial charge in [0.2, 0.25) is 11.8 Å². The normalized spacial score (nSPS) is 16.2. The molecule has 28 heavy (non-hydrogen) atoms. The SMILES string of the molecule is COc1ccc(Cl)cc1N1CC(C(=O)Nc2ccc(N(C)C)c(C)c2)CC1=O. The average Bonchev–Trinajstić information content (AvgIpc) is 3.03. The number of hydrogen-bond donors (Lipinski definition) is 1. The molecule has 0 radical (unpaired) electrons. The Hall–Kier alpha value is -2.73. The van der Waals surface area contributed by atoms with E-state index in [0.717, 1.165) is 16.9 Å². The number of anilines is 3. The summed E-state index contributed by atoms with van der Waals surface area (Å²) in [5.41, 5.74) is 3.46. The van der Waals surface area contributed by atoms with Gasteiger partial charge in [0.1, 0.15) is 5.75 Å². The lowest BCUT2D eigenvalue weighted by Crippen LogP contribution is -2.28. The first kappa shape index (κ1) is 20.0. The van der Waals surface area contributed by atoms with Gasteiger partial charge in [0.05, 0.1) is 18.7 Å². The van der Waals surface area contributed by atoms with Gasteiger partial charge in [0.25, 0.3) is 0 Å². The smallest absolute Gasteiger partial charge is 0.229 e. The highest BCUT2D eigenvalue weighted by Gasteiger charge is 2.36. The predicted molar refractivity (Wildman–Crippen MR) is 113 cm³/mol. The average molecular weight is 402 g/mol. The minimum absolute atomic E-state index is 0.125. The van der Waals surface area contributed by atoms with Crippen LogP contribution in [0.1, 0.15) is 12.0 Å². The topological polar surface area (TPSA) is 61.9 Å². The van der Waals surface area contributed by atoms with E-state index in [9.17, 15) is 9.59 Å². The highest BCUT2D eigenvalue weighted by atomic mass is 35.5. The summed E-state index contributed by atoms with van der Waals surface area (Å²) >= 11 is 6.08. The number of carbonyl (C=O) groups is 2. The molecule has 0 aromatic heterocycles. The van der Waals surface area contributed by atoms with Gasteiger partial charge in [-0.1, -0.05) is 11.6 Å². The fourth-order valence-corrected chi connectivity index (χ4v) is 3.64. The van der Waals surface area contributed by atoms with Crippen molar-refractivity contribution >= 4 is 40.5 Å². The molecule has 6 nitrogen and oxygen atoms in total. The number of benzene rings is 2. The summed E-state index contributed by atoms with van der Waals surface area (Å²) in [6.45, 7) is 2.29. The molecule has 1 unspecified atom stereocenters. The second-order valence-electron chi connectivity index (χ2n) is 7.11. The molecule has 7 heteroatoms. The van der Waals surface area contributed by atoms with Gasteiger partial charge in [-0.3, -0.25) is 9.59 Å². The van der Waals surface area contributed by atoms with Gasteiger partial charge in [0.15, 0.2) is 0 Å². The first-order chi connectivity index (χ1) is 13.3. The van der Waals surface area contributed by atoms with E-state index in [1.165, 1.54) is 7.11 Å². The van der Waals surface area contributed by atoms with E-state index in [0.29, 0.717) is 16.5 Å². The fourth-order valence-electron chi connectivity index (χ4n) is 3.47. The minimum Gasteiger partial charge on any atom is -0.495 e. The molecule has 2 amide bonds. The highest BCUT2D eigenvalue weighted by molar-refractivity contribution is 6.31. The van der Waals surface area contributed by atoms with Crippen LogP contribution in [-0.4, -0.2) is 39.6 Å². The zero-order chi connectivity index (χ0) is 20.4. The number of aryl methyl sites for hydroxylation is 1.